The molecule has 0 fully saturated rings. The Morgan fingerprint density at radius 3 is 2.62 bits per heavy atom. The summed E-state index contributed by atoms with van der Waals surface area (Å²) >= 11 is 6.88. The first kappa shape index (κ1) is 17.8. The van der Waals surface area contributed by atoms with Gasteiger partial charge in [-0.2, -0.15) is 0 Å². The first-order valence-corrected chi connectivity index (χ1v) is 8.24. The second kappa shape index (κ2) is 7.66. The SMILES string of the molecule is CCSc1cccc(NCC(C)(C)C(=O)NC)c1C(N)=S. The molecule has 0 unspecified atom stereocenters. The van der Waals surface area contributed by atoms with Gasteiger partial charge in [-0.3, -0.25) is 4.79 Å². The van der Waals surface area contributed by atoms with Crippen LogP contribution in [-0.4, -0.2) is 30.2 Å². The van der Waals surface area contributed by atoms with Gasteiger partial charge in [-0.25, -0.2) is 0 Å². The lowest BCUT2D eigenvalue weighted by atomic mass is 9.92. The lowest BCUT2D eigenvalue weighted by Crippen LogP contribution is -2.39. The van der Waals surface area contributed by atoms with Gasteiger partial charge < -0.3 is 16.4 Å². The summed E-state index contributed by atoms with van der Waals surface area (Å²) in [5.74, 6) is 0.939. The van der Waals surface area contributed by atoms with Crippen molar-refractivity contribution in [3.63, 3.8) is 0 Å². The molecule has 0 spiro atoms. The van der Waals surface area contributed by atoms with E-state index in [9.17, 15) is 4.79 Å². The van der Waals surface area contributed by atoms with E-state index in [1.54, 1.807) is 18.8 Å². The zero-order chi connectivity index (χ0) is 16.0. The van der Waals surface area contributed by atoms with Crippen molar-refractivity contribution in [3.05, 3.63) is 23.8 Å². The molecular weight excluding hydrogens is 302 g/mol. The summed E-state index contributed by atoms with van der Waals surface area (Å²) in [6.45, 7) is 6.37. The van der Waals surface area contributed by atoms with E-state index >= 15 is 0 Å². The minimum atomic E-state index is -0.518. The van der Waals surface area contributed by atoms with E-state index in [1.807, 2.05) is 32.0 Å². The predicted octanol–water partition coefficient (Wildman–Crippen LogP) is 2.62. The lowest BCUT2D eigenvalue weighted by molar-refractivity contribution is -0.128. The average Bonchev–Trinajstić information content (AvgIpc) is 2.44. The Balaban J connectivity index is 3.01. The second-order valence-electron chi connectivity index (χ2n) is 5.29. The van der Waals surface area contributed by atoms with Crippen molar-refractivity contribution < 1.29 is 4.79 Å². The molecule has 1 aromatic carbocycles. The van der Waals surface area contributed by atoms with Crippen molar-refractivity contribution in [1.82, 2.24) is 5.32 Å². The van der Waals surface area contributed by atoms with Gasteiger partial charge in [-0.1, -0.05) is 25.2 Å². The number of carbonyl (C=O) groups is 1. The van der Waals surface area contributed by atoms with Crippen LogP contribution in [0.25, 0.3) is 0 Å². The molecule has 0 heterocycles. The van der Waals surface area contributed by atoms with Gasteiger partial charge in [0.15, 0.2) is 0 Å². The van der Waals surface area contributed by atoms with Crippen molar-refractivity contribution >= 4 is 40.6 Å². The molecule has 4 N–H and O–H groups in total. The maximum atomic E-state index is 11.8. The second-order valence-corrected chi connectivity index (χ2v) is 7.04. The Kier molecular flexibility index (Phi) is 6.48. The van der Waals surface area contributed by atoms with Gasteiger partial charge in [-0.15, -0.1) is 11.8 Å². The summed E-state index contributed by atoms with van der Waals surface area (Å²) in [6, 6.07) is 5.92. The molecule has 21 heavy (non-hydrogen) atoms. The van der Waals surface area contributed by atoms with E-state index in [0.717, 1.165) is 21.9 Å². The quantitative estimate of drug-likeness (QED) is 0.531. The number of rotatable bonds is 7. The van der Waals surface area contributed by atoms with Crippen LogP contribution in [0.5, 0.6) is 0 Å². The summed E-state index contributed by atoms with van der Waals surface area (Å²) in [6.07, 6.45) is 0. The van der Waals surface area contributed by atoms with Gasteiger partial charge >= 0.3 is 0 Å². The molecule has 0 aliphatic carbocycles. The highest BCUT2D eigenvalue weighted by Crippen LogP contribution is 2.29. The van der Waals surface area contributed by atoms with Crippen LogP contribution in [0.2, 0.25) is 0 Å². The molecule has 116 valence electrons. The number of amides is 1. The third-order valence-corrected chi connectivity index (χ3v) is 4.28. The Labute approximate surface area is 136 Å². The third kappa shape index (κ3) is 4.61. The van der Waals surface area contributed by atoms with Gasteiger partial charge in [0.25, 0.3) is 0 Å². The molecule has 6 heteroatoms. The molecule has 0 atom stereocenters. The fraction of sp³-hybridized carbons (Fsp3) is 0.467. The highest BCUT2D eigenvalue weighted by molar-refractivity contribution is 7.99. The number of benzene rings is 1. The topological polar surface area (TPSA) is 67.2 Å². The van der Waals surface area contributed by atoms with Crippen LogP contribution in [0.3, 0.4) is 0 Å². The number of carbonyl (C=O) groups excluding carboxylic acids is 1. The van der Waals surface area contributed by atoms with E-state index in [-0.39, 0.29) is 5.91 Å². The Bertz CT molecular complexity index is 530. The van der Waals surface area contributed by atoms with E-state index in [2.05, 4.69) is 17.6 Å². The molecule has 1 aromatic rings. The standard InChI is InChI=1S/C15H23N3OS2/c1-5-21-11-8-6-7-10(12(11)13(16)20)18-9-15(2,3)14(19)17-4/h6-8,18H,5,9H2,1-4H3,(H2,16,20)(H,17,19). The number of hydrogen-bond donors (Lipinski definition) is 3. The van der Waals surface area contributed by atoms with Crippen molar-refractivity contribution in [2.24, 2.45) is 11.1 Å². The number of anilines is 1. The van der Waals surface area contributed by atoms with Crippen LogP contribution in [0, 0.1) is 5.41 Å². The summed E-state index contributed by atoms with van der Waals surface area (Å²) in [5, 5.41) is 5.98. The fourth-order valence-electron chi connectivity index (χ4n) is 1.94. The molecular formula is C15H23N3OS2. The van der Waals surface area contributed by atoms with Crippen LogP contribution in [0.4, 0.5) is 5.69 Å². The zero-order valence-corrected chi connectivity index (χ0v) is 14.6. The van der Waals surface area contributed by atoms with Crippen molar-refractivity contribution in [1.29, 1.82) is 0 Å². The molecule has 0 saturated heterocycles. The first-order valence-electron chi connectivity index (χ1n) is 6.85. The van der Waals surface area contributed by atoms with Gasteiger partial charge in [0, 0.05) is 29.7 Å². The van der Waals surface area contributed by atoms with Crippen LogP contribution < -0.4 is 16.4 Å². The smallest absolute Gasteiger partial charge is 0.227 e. The number of thioether (sulfide) groups is 1. The van der Waals surface area contributed by atoms with Gasteiger partial charge in [0.2, 0.25) is 5.91 Å². The average molecular weight is 326 g/mol. The van der Waals surface area contributed by atoms with E-state index in [0.29, 0.717) is 11.5 Å². The van der Waals surface area contributed by atoms with Gasteiger partial charge in [0.1, 0.15) is 4.99 Å². The molecule has 0 bridgehead atoms. The van der Waals surface area contributed by atoms with Crippen LogP contribution in [0.15, 0.2) is 23.1 Å². The fourth-order valence-corrected chi connectivity index (χ4v) is 3.08. The summed E-state index contributed by atoms with van der Waals surface area (Å²) in [5.41, 5.74) is 7.08. The Morgan fingerprint density at radius 2 is 2.10 bits per heavy atom. The van der Waals surface area contributed by atoms with E-state index in [1.165, 1.54) is 0 Å². The minimum absolute atomic E-state index is 0.00837. The summed E-state index contributed by atoms with van der Waals surface area (Å²) in [4.78, 5) is 13.3. The molecule has 1 amide bonds. The molecule has 0 aromatic heterocycles. The molecule has 0 aliphatic heterocycles. The predicted molar refractivity (Wildman–Crippen MR) is 95.1 cm³/mol. The third-order valence-electron chi connectivity index (χ3n) is 3.13. The van der Waals surface area contributed by atoms with E-state index < -0.39 is 5.41 Å². The molecule has 0 saturated carbocycles. The maximum Gasteiger partial charge on any atom is 0.227 e. The highest BCUT2D eigenvalue weighted by Gasteiger charge is 2.26. The van der Waals surface area contributed by atoms with Crippen molar-refractivity contribution in [2.45, 2.75) is 25.7 Å². The van der Waals surface area contributed by atoms with Crippen LogP contribution in [-0.2, 0) is 4.79 Å². The van der Waals surface area contributed by atoms with Crippen molar-refractivity contribution in [3.8, 4) is 0 Å². The normalized spacial score (nSPS) is 11.0. The molecule has 1 rings (SSSR count). The largest absolute Gasteiger partial charge is 0.389 e. The van der Waals surface area contributed by atoms with Gasteiger partial charge in [0.05, 0.1) is 5.41 Å². The van der Waals surface area contributed by atoms with Gasteiger partial charge in [-0.05, 0) is 31.7 Å². The number of nitrogens with two attached hydrogens (primary N) is 1. The number of nitrogens with one attached hydrogen (secondary N) is 2. The van der Waals surface area contributed by atoms with E-state index in [4.69, 9.17) is 18.0 Å². The summed E-state index contributed by atoms with van der Waals surface area (Å²) < 4.78 is 0. The maximum absolute atomic E-state index is 11.8. The number of hydrogen-bond acceptors (Lipinski definition) is 4. The number of thiocarbonyl (C=S) groups is 1. The molecule has 0 aliphatic rings. The lowest BCUT2D eigenvalue weighted by Gasteiger charge is -2.24. The molecule has 4 nitrogen and oxygen atoms in total. The van der Waals surface area contributed by atoms with Crippen LogP contribution in [0.1, 0.15) is 26.3 Å². The highest BCUT2D eigenvalue weighted by atomic mass is 32.2. The molecule has 0 radical (unpaired) electrons. The van der Waals surface area contributed by atoms with Crippen LogP contribution >= 0.6 is 24.0 Å². The Morgan fingerprint density at radius 1 is 1.43 bits per heavy atom. The minimum Gasteiger partial charge on any atom is -0.389 e. The summed E-state index contributed by atoms with van der Waals surface area (Å²) in [7, 11) is 1.64. The van der Waals surface area contributed by atoms with Crippen molar-refractivity contribution in [2.75, 3.05) is 24.7 Å². The zero-order valence-electron chi connectivity index (χ0n) is 12.9. The Hall–Kier alpha value is -1.27. The monoisotopic (exact) mass is 325 g/mol. The first-order chi connectivity index (χ1) is 9.83.